The van der Waals surface area contributed by atoms with E-state index in [4.69, 9.17) is 0 Å². The van der Waals surface area contributed by atoms with Crippen molar-refractivity contribution in [3.8, 4) is 0 Å². The number of thiophene rings is 1. The molecule has 0 aliphatic carbocycles. The van der Waals surface area contributed by atoms with Crippen molar-refractivity contribution in [2.45, 2.75) is 17.9 Å². The van der Waals surface area contributed by atoms with Gasteiger partial charge in [0.05, 0.1) is 9.77 Å². The number of sulfone groups is 1. The highest BCUT2D eigenvalue weighted by Gasteiger charge is 2.18. The van der Waals surface area contributed by atoms with Crippen molar-refractivity contribution in [2.75, 3.05) is 6.26 Å². The fourth-order valence-electron chi connectivity index (χ4n) is 1.75. The van der Waals surface area contributed by atoms with Crippen LogP contribution >= 0.6 is 27.3 Å². The van der Waals surface area contributed by atoms with Crippen LogP contribution in [0, 0.1) is 6.92 Å². The quantitative estimate of drug-likeness (QED) is 0.913. The number of aliphatic hydroxyl groups is 1. The zero-order chi connectivity index (χ0) is 14.2. The van der Waals surface area contributed by atoms with Crippen molar-refractivity contribution in [3.05, 3.63) is 50.1 Å². The molecule has 0 spiro atoms. The molecule has 102 valence electrons. The van der Waals surface area contributed by atoms with Gasteiger partial charge in [-0.2, -0.15) is 0 Å². The molecule has 0 aliphatic heterocycles. The van der Waals surface area contributed by atoms with Gasteiger partial charge in [0.1, 0.15) is 6.10 Å². The van der Waals surface area contributed by atoms with Gasteiger partial charge in [-0.05, 0) is 46.6 Å². The predicted octanol–water partition coefficient (Wildman–Crippen LogP) is 3.30. The molecule has 1 unspecified atom stereocenters. The molecule has 0 radical (unpaired) electrons. The van der Waals surface area contributed by atoms with Gasteiger partial charge in [-0.25, -0.2) is 8.42 Å². The van der Waals surface area contributed by atoms with E-state index in [2.05, 4.69) is 15.9 Å². The second kappa shape index (κ2) is 5.36. The Hall–Kier alpha value is -0.690. The molecular formula is C13H13BrO3S2. The Morgan fingerprint density at radius 1 is 1.32 bits per heavy atom. The summed E-state index contributed by atoms with van der Waals surface area (Å²) in [4.78, 5) is 2.08. The van der Waals surface area contributed by atoms with Gasteiger partial charge in [-0.15, -0.1) is 11.3 Å². The Balaban J connectivity index is 2.45. The third-order valence-corrected chi connectivity index (χ3v) is 5.82. The van der Waals surface area contributed by atoms with Crippen molar-refractivity contribution in [2.24, 2.45) is 0 Å². The maximum absolute atomic E-state index is 11.5. The van der Waals surface area contributed by atoms with E-state index in [9.17, 15) is 13.5 Å². The molecule has 0 fully saturated rings. The second-order valence-electron chi connectivity index (χ2n) is 4.32. The second-order valence-corrected chi connectivity index (χ2v) is 8.47. The first-order valence-corrected chi connectivity index (χ1v) is 9.03. The van der Waals surface area contributed by atoms with Gasteiger partial charge in [-0.1, -0.05) is 12.1 Å². The summed E-state index contributed by atoms with van der Waals surface area (Å²) in [6.07, 6.45) is 0.332. The lowest BCUT2D eigenvalue weighted by atomic mass is 10.1. The first kappa shape index (κ1) is 14.7. The zero-order valence-corrected chi connectivity index (χ0v) is 13.6. The van der Waals surface area contributed by atoms with Gasteiger partial charge in [0, 0.05) is 15.6 Å². The molecule has 1 atom stereocenters. The van der Waals surface area contributed by atoms with Crippen molar-refractivity contribution in [1.29, 1.82) is 0 Å². The Labute approximate surface area is 125 Å². The summed E-state index contributed by atoms with van der Waals surface area (Å²) < 4.78 is 23.9. The van der Waals surface area contributed by atoms with E-state index in [1.54, 1.807) is 12.1 Å². The molecule has 2 rings (SSSR count). The van der Waals surface area contributed by atoms with E-state index in [1.807, 2.05) is 13.0 Å². The Morgan fingerprint density at radius 2 is 2.00 bits per heavy atom. The lowest BCUT2D eigenvalue weighted by Crippen LogP contribution is -2.02. The number of aliphatic hydroxyl groups excluding tert-OH is 1. The summed E-state index contributed by atoms with van der Waals surface area (Å²) >= 11 is 4.89. The van der Waals surface area contributed by atoms with Gasteiger partial charge in [0.25, 0.3) is 0 Å². The Morgan fingerprint density at radius 3 is 2.53 bits per heavy atom. The number of hydrogen-bond acceptors (Lipinski definition) is 4. The van der Waals surface area contributed by atoms with Gasteiger partial charge >= 0.3 is 0 Å². The van der Waals surface area contributed by atoms with Crippen molar-refractivity contribution >= 4 is 37.1 Å². The highest BCUT2D eigenvalue weighted by Crippen LogP contribution is 2.35. The van der Waals surface area contributed by atoms with E-state index < -0.39 is 15.9 Å². The highest BCUT2D eigenvalue weighted by molar-refractivity contribution is 9.10. The number of hydrogen-bond donors (Lipinski definition) is 1. The van der Waals surface area contributed by atoms with Crippen LogP contribution in [0.4, 0.5) is 0 Å². The smallest absolute Gasteiger partial charge is 0.175 e. The zero-order valence-electron chi connectivity index (χ0n) is 10.4. The summed E-state index contributed by atoms with van der Waals surface area (Å²) in [6, 6.07) is 8.34. The van der Waals surface area contributed by atoms with Gasteiger partial charge < -0.3 is 5.11 Å². The molecule has 1 heterocycles. The molecule has 1 N–H and O–H groups in total. The van der Waals surface area contributed by atoms with Crippen LogP contribution in [0.1, 0.15) is 21.4 Å². The summed E-state index contributed by atoms with van der Waals surface area (Å²) in [7, 11) is -3.27. The van der Waals surface area contributed by atoms with E-state index >= 15 is 0 Å². The normalized spacial score (nSPS) is 13.5. The lowest BCUT2D eigenvalue weighted by molar-refractivity contribution is 0.223. The monoisotopic (exact) mass is 360 g/mol. The minimum Gasteiger partial charge on any atom is -0.383 e. The third kappa shape index (κ3) is 3.25. The van der Waals surface area contributed by atoms with E-state index in [1.165, 1.54) is 23.5 Å². The van der Waals surface area contributed by atoms with E-state index in [0.29, 0.717) is 5.56 Å². The maximum Gasteiger partial charge on any atom is 0.175 e. The van der Waals surface area contributed by atoms with Crippen LogP contribution in [0.15, 0.2) is 39.7 Å². The van der Waals surface area contributed by atoms with Crippen LogP contribution in [0.25, 0.3) is 0 Å². The van der Waals surface area contributed by atoms with E-state index in [0.717, 1.165) is 20.5 Å². The molecule has 1 aromatic heterocycles. The molecule has 0 saturated heterocycles. The SMILES string of the molecule is Cc1cc(Br)c(C(O)c2cccc(S(C)(=O)=O)c2)s1. The molecule has 3 nitrogen and oxygen atoms in total. The van der Waals surface area contributed by atoms with Crippen LogP contribution in [-0.2, 0) is 9.84 Å². The fourth-order valence-corrected chi connectivity index (χ4v) is 4.31. The van der Waals surface area contributed by atoms with E-state index in [-0.39, 0.29) is 4.90 Å². The number of halogens is 1. The highest BCUT2D eigenvalue weighted by atomic mass is 79.9. The average Bonchev–Trinajstić information content (AvgIpc) is 2.66. The molecule has 0 aliphatic rings. The number of benzene rings is 1. The minimum atomic E-state index is -3.27. The third-order valence-electron chi connectivity index (χ3n) is 2.69. The van der Waals surface area contributed by atoms with Crippen LogP contribution in [-0.4, -0.2) is 19.8 Å². The van der Waals surface area contributed by atoms with Gasteiger partial charge in [-0.3, -0.25) is 0 Å². The molecule has 2 aromatic rings. The largest absolute Gasteiger partial charge is 0.383 e. The predicted molar refractivity (Wildman–Crippen MR) is 80.4 cm³/mol. The maximum atomic E-state index is 11.5. The fraction of sp³-hybridized carbons (Fsp3) is 0.231. The van der Waals surface area contributed by atoms with Gasteiger partial charge in [0.2, 0.25) is 0 Å². The Kier molecular flexibility index (Phi) is 4.15. The van der Waals surface area contributed by atoms with Crippen LogP contribution in [0.3, 0.4) is 0 Å². The molecule has 19 heavy (non-hydrogen) atoms. The van der Waals surface area contributed by atoms with Crippen molar-refractivity contribution in [3.63, 3.8) is 0 Å². The van der Waals surface area contributed by atoms with Crippen LogP contribution in [0.5, 0.6) is 0 Å². The minimum absolute atomic E-state index is 0.216. The molecule has 0 amide bonds. The molecule has 0 bridgehead atoms. The first-order valence-electron chi connectivity index (χ1n) is 5.53. The number of aryl methyl sites for hydroxylation is 1. The lowest BCUT2D eigenvalue weighted by Gasteiger charge is -2.11. The number of rotatable bonds is 3. The summed E-state index contributed by atoms with van der Waals surface area (Å²) in [5.74, 6) is 0. The summed E-state index contributed by atoms with van der Waals surface area (Å²) in [6.45, 7) is 1.96. The van der Waals surface area contributed by atoms with Crippen LogP contribution in [0.2, 0.25) is 0 Å². The molecule has 0 saturated carbocycles. The molecule has 1 aromatic carbocycles. The van der Waals surface area contributed by atoms with Crippen LogP contribution < -0.4 is 0 Å². The summed E-state index contributed by atoms with van der Waals surface area (Å²) in [5, 5.41) is 10.4. The first-order chi connectivity index (χ1) is 8.79. The topological polar surface area (TPSA) is 54.4 Å². The summed E-state index contributed by atoms with van der Waals surface area (Å²) in [5.41, 5.74) is 0.575. The standard InChI is InChI=1S/C13H13BrO3S2/c1-8-6-11(14)13(18-8)12(15)9-4-3-5-10(7-9)19(2,16)17/h3-7,12,15H,1-2H3. The molecular weight excluding hydrogens is 348 g/mol. The van der Waals surface area contributed by atoms with Crippen molar-refractivity contribution in [1.82, 2.24) is 0 Å². The Bertz CT molecular complexity index is 704. The van der Waals surface area contributed by atoms with Crippen molar-refractivity contribution < 1.29 is 13.5 Å². The average molecular weight is 361 g/mol. The van der Waals surface area contributed by atoms with Gasteiger partial charge in [0.15, 0.2) is 9.84 Å². The molecule has 6 heteroatoms.